The summed E-state index contributed by atoms with van der Waals surface area (Å²) in [6.45, 7) is 13.4. The summed E-state index contributed by atoms with van der Waals surface area (Å²) in [7, 11) is 0. The van der Waals surface area contributed by atoms with Crippen LogP contribution in [-0.4, -0.2) is 88.0 Å². The largest absolute Gasteiger partial charge is 0.444 e. The van der Waals surface area contributed by atoms with E-state index in [4.69, 9.17) is 9.47 Å². The molecule has 9 nitrogen and oxygen atoms in total. The zero-order chi connectivity index (χ0) is 25.1. The summed E-state index contributed by atoms with van der Waals surface area (Å²) in [6, 6.07) is -1.05. The number of likely N-dealkylation sites (tertiary alicyclic amines) is 2. The van der Waals surface area contributed by atoms with Crippen molar-refractivity contribution in [1.82, 2.24) is 14.7 Å². The first-order valence-electron chi connectivity index (χ1n) is 12.5. The standard InChI is InChI=1S/C25H39N3O6/c1-23(2,3)33-21(31)27-14-25(15-27)9-11-26(12-10-25)20(30)19-17-8-7-16(13-18(17)29)28(19)22(32)34-24(4,5)6/h16-17,19H,7-15H2,1-6H3/t16-,17+,19-/m0/s1. The third kappa shape index (κ3) is 4.89. The van der Waals surface area contributed by atoms with Crippen LogP contribution < -0.4 is 0 Å². The zero-order valence-electron chi connectivity index (χ0n) is 21.4. The summed E-state index contributed by atoms with van der Waals surface area (Å²) in [5.41, 5.74) is -1.18. The molecule has 5 fully saturated rings. The molecule has 3 amide bonds. The van der Waals surface area contributed by atoms with Crippen molar-refractivity contribution in [3.8, 4) is 0 Å². The Morgan fingerprint density at radius 1 is 0.853 bits per heavy atom. The second-order valence-electron chi connectivity index (χ2n) is 12.5. The predicted octanol–water partition coefficient (Wildman–Crippen LogP) is 3.20. The van der Waals surface area contributed by atoms with Crippen LogP contribution in [-0.2, 0) is 19.1 Å². The minimum absolute atomic E-state index is 0.0138. The van der Waals surface area contributed by atoms with Gasteiger partial charge in [-0.05, 0) is 67.2 Å². The van der Waals surface area contributed by atoms with Gasteiger partial charge in [-0.2, -0.15) is 0 Å². The molecule has 9 heteroatoms. The number of ketones is 1. The summed E-state index contributed by atoms with van der Waals surface area (Å²) < 4.78 is 11.1. The number of Topliss-reactive ketones (excluding diaryl/α,β-unsaturated/α-hetero) is 1. The average Bonchev–Trinajstić information content (AvgIpc) is 2.68. The minimum Gasteiger partial charge on any atom is -0.444 e. The van der Waals surface area contributed by atoms with E-state index in [1.165, 1.54) is 0 Å². The van der Waals surface area contributed by atoms with Gasteiger partial charge in [-0.25, -0.2) is 9.59 Å². The molecule has 1 saturated carbocycles. The number of fused-ring (bicyclic) bond motifs is 3. The number of ether oxygens (including phenoxy) is 2. The summed E-state index contributed by atoms with van der Waals surface area (Å²) in [6.07, 6.45) is 2.45. The minimum atomic E-state index is -0.774. The molecule has 0 radical (unpaired) electrons. The highest BCUT2D eigenvalue weighted by molar-refractivity contribution is 5.96. The van der Waals surface area contributed by atoms with E-state index in [0.717, 1.165) is 19.3 Å². The van der Waals surface area contributed by atoms with E-state index >= 15 is 0 Å². The summed E-state index contributed by atoms with van der Waals surface area (Å²) in [4.78, 5) is 56.8. The summed E-state index contributed by atoms with van der Waals surface area (Å²) in [5.74, 6) is -0.520. The van der Waals surface area contributed by atoms with Crippen molar-refractivity contribution in [3.05, 3.63) is 0 Å². The SMILES string of the molecule is CC(C)(C)OC(=O)N1CC2(CCN(C(=O)[C@@H]3[C@@H]4CC[C@@H](CC4=O)N3C(=O)OC(C)(C)C)CC2)C1. The van der Waals surface area contributed by atoms with Gasteiger partial charge >= 0.3 is 12.2 Å². The van der Waals surface area contributed by atoms with Crippen LogP contribution in [0.1, 0.15) is 73.6 Å². The first kappa shape index (κ1) is 24.8. The Kier molecular flexibility index (Phi) is 6.13. The predicted molar refractivity (Wildman–Crippen MR) is 124 cm³/mol. The molecular formula is C25H39N3O6. The van der Waals surface area contributed by atoms with Gasteiger partial charge in [-0.3, -0.25) is 14.5 Å². The maximum Gasteiger partial charge on any atom is 0.411 e. The van der Waals surface area contributed by atoms with Crippen molar-refractivity contribution >= 4 is 23.9 Å². The Hall–Kier alpha value is -2.32. The summed E-state index contributed by atoms with van der Waals surface area (Å²) >= 11 is 0. The molecule has 0 unspecified atom stereocenters. The number of carbonyl (C=O) groups excluding carboxylic acids is 4. The van der Waals surface area contributed by atoms with Crippen molar-refractivity contribution in [3.63, 3.8) is 0 Å². The highest BCUT2D eigenvalue weighted by Crippen LogP contribution is 2.43. The van der Waals surface area contributed by atoms with E-state index in [1.807, 2.05) is 20.8 Å². The van der Waals surface area contributed by atoms with E-state index in [0.29, 0.717) is 39.0 Å². The second-order valence-corrected chi connectivity index (χ2v) is 12.5. The van der Waals surface area contributed by atoms with Crippen LogP contribution in [0.25, 0.3) is 0 Å². The molecule has 3 atom stereocenters. The van der Waals surface area contributed by atoms with Crippen LogP contribution in [0.2, 0.25) is 0 Å². The van der Waals surface area contributed by atoms with Gasteiger partial charge in [0.2, 0.25) is 5.91 Å². The van der Waals surface area contributed by atoms with Crippen LogP contribution >= 0.6 is 0 Å². The third-order valence-electron chi connectivity index (χ3n) is 7.43. The molecule has 0 aromatic heterocycles. The summed E-state index contributed by atoms with van der Waals surface area (Å²) in [5, 5.41) is 0. The topological polar surface area (TPSA) is 96.5 Å². The first-order chi connectivity index (χ1) is 15.7. The fourth-order valence-electron chi connectivity index (χ4n) is 5.80. The van der Waals surface area contributed by atoms with E-state index < -0.39 is 29.3 Å². The number of amides is 3. The Labute approximate surface area is 202 Å². The van der Waals surface area contributed by atoms with E-state index in [9.17, 15) is 19.2 Å². The van der Waals surface area contributed by atoms with Crippen molar-refractivity contribution in [2.75, 3.05) is 26.2 Å². The molecule has 1 aliphatic carbocycles. The van der Waals surface area contributed by atoms with Crippen LogP contribution in [0.15, 0.2) is 0 Å². The maximum atomic E-state index is 13.7. The highest BCUT2D eigenvalue weighted by atomic mass is 16.6. The lowest BCUT2D eigenvalue weighted by Crippen LogP contribution is -2.68. The fraction of sp³-hybridized carbons (Fsp3) is 0.840. The van der Waals surface area contributed by atoms with Crippen molar-refractivity contribution in [2.24, 2.45) is 11.3 Å². The molecule has 2 bridgehead atoms. The first-order valence-corrected chi connectivity index (χ1v) is 12.5. The van der Waals surface area contributed by atoms with Gasteiger partial charge in [0, 0.05) is 50.0 Å². The molecule has 0 aromatic rings. The van der Waals surface area contributed by atoms with E-state index in [-0.39, 0.29) is 29.2 Å². The number of piperidine rings is 3. The van der Waals surface area contributed by atoms with Crippen LogP contribution in [0.3, 0.4) is 0 Å². The van der Waals surface area contributed by atoms with Gasteiger partial charge in [0.05, 0.1) is 0 Å². The molecule has 5 aliphatic rings. The molecule has 5 rings (SSSR count). The van der Waals surface area contributed by atoms with Gasteiger partial charge in [-0.1, -0.05) is 0 Å². The van der Waals surface area contributed by atoms with E-state index in [1.54, 1.807) is 35.5 Å². The van der Waals surface area contributed by atoms with Gasteiger partial charge in [0.15, 0.2) is 0 Å². The number of hydrogen-bond donors (Lipinski definition) is 0. The van der Waals surface area contributed by atoms with Crippen molar-refractivity contribution in [2.45, 2.75) is 96.9 Å². The van der Waals surface area contributed by atoms with Crippen molar-refractivity contribution < 1.29 is 28.7 Å². The molecule has 4 heterocycles. The molecule has 34 heavy (non-hydrogen) atoms. The molecular weight excluding hydrogens is 438 g/mol. The fourth-order valence-corrected chi connectivity index (χ4v) is 5.80. The Morgan fingerprint density at radius 3 is 1.94 bits per heavy atom. The molecule has 4 saturated heterocycles. The second kappa shape index (κ2) is 8.41. The van der Waals surface area contributed by atoms with Gasteiger partial charge in [0.1, 0.15) is 23.0 Å². The van der Waals surface area contributed by atoms with Crippen LogP contribution in [0.4, 0.5) is 9.59 Å². The van der Waals surface area contributed by atoms with Crippen LogP contribution in [0, 0.1) is 11.3 Å². The lowest BCUT2D eigenvalue weighted by atomic mass is 9.71. The molecule has 1 spiro atoms. The normalized spacial score (nSPS) is 28.6. The van der Waals surface area contributed by atoms with Crippen molar-refractivity contribution in [1.29, 1.82) is 0 Å². The molecule has 4 aliphatic heterocycles. The Bertz CT molecular complexity index is 857. The molecule has 0 N–H and O–H groups in total. The number of hydrogen-bond acceptors (Lipinski definition) is 6. The average molecular weight is 478 g/mol. The Balaban J connectivity index is 1.39. The smallest absolute Gasteiger partial charge is 0.411 e. The van der Waals surface area contributed by atoms with Gasteiger partial charge in [-0.15, -0.1) is 0 Å². The van der Waals surface area contributed by atoms with E-state index in [2.05, 4.69) is 0 Å². The third-order valence-corrected chi connectivity index (χ3v) is 7.43. The maximum absolute atomic E-state index is 13.7. The van der Waals surface area contributed by atoms with Gasteiger partial charge in [0.25, 0.3) is 0 Å². The number of nitrogens with zero attached hydrogens (tertiary/aromatic N) is 3. The molecule has 190 valence electrons. The Morgan fingerprint density at radius 2 is 1.41 bits per heavy atom. The monoisotopic (exact) mass is 477 g/mol. The van der Waals surface area contributed by atoms with Crippen LogP contribution in [0.5, 0.6) is 0 Å². The zero-order valence-corrected chi connectivity index (χ0v) is 21.4. The lowest BCUT2D eigenvalue weighted by Gasteiger charge is -2.55. The molecule has 0 aromatic carbocycles. The lowest BCUT2D eigenvalue weighted by molar-refractivity contribution is -0.156. The highest BCUT2D eigenvalue weighted by Gasteiger charge is 2.55. The number of carbonyl (C=O) groups is 4. The number of rotatable bonds is 1. The van der Waals surface area contributed by atoms with Gasteiger partial charge < -0.3 is 19.3 Å². The quantitative estimate of drug-likeness (QED) is 0.575.